The van der Waals surface area contributed by atoms with Crippen LogP contribution in [0.2, 0.25) is 0 Å². The molecule has 3 heterocycles. The smallest absolute Gasteiger partial charge is 0.257 e. The fourth-order valence-corrected chi connectivity index (χ4v) is 3.58. The highest BCUT2D eigenvalue weighted by Gasteiger charge is 2.31. The van der Waals surface area contributed by atoms with Gasteiger partial charge in [-0.25, -0.2) is 4.39 Å². The molecule has 1 aliphatic rings. The van der Waals surface area contributed by atoms with Gasteiger partial charge in [-0.3, -0.25) is 14.8 Å². The van der Waals surface area contributed by atoms with Crippen LogP contribution in [0.4, 0.5) is 4.39 Å². The van der Waals surface area contributed by atoms with E-state index in [4.69, 9.17) is 4.42 Å². The van der Waals surface area contributed by atoms with Gasteiger partial charge in [-0.05, 0) is 38.0 Å². The minimum atomic E-state index is -0.568. The third-order valence-electron chi connectivity index (χ3n) is 4.89. The van der Waals surface area contributed by atoms with Crippen LogP contribution in [0, 0.1) is 12.7 Å². The molecule has 26 heavy (non-hydrogen) atoms. The van der Waals surface area contributed by atoms with E-state index >= 15 is 0 Å². The second kappa shape index (κ2) is 6.86. The third kappa shape index (κ3) is 3.07. The fourth-order valence-electron chi connectivity index (χ4n) is 3.58. The topological polar surface area (TPSA) is 59.2 Å². The van der Waals surface area contributed by atoms with Crippen LogP contribution in [0.15, 0.2) is 41.1 Å². The molecule has 1 saturated heterocycles. The van der Waals surface area contributed by atoms with Crippen LogP contribution in [-0.2, 0) is 0 Å². The fraction of sp³-hybridized carbons (Fsp3) is 0.350. The van der Waals surface area contributed by atoms with Crippen LogP contribution in [0.25, 0.3) is 11.0 Å². The summed E-state index contributed by atoms with van der Waals surface area (Å²) in [6.45, 7) is 2.47. The highest BCUT2D eigenvalue weighted by molar-refractivity contribution is 5.97. The second-order valence-electron chi connectivity index (χ2n) is 6.69. The van der Waals surface area contributed by atoms with Crippen molar-refractivity contribution in [2.24, 2.45) is 0 Å². The second-order valence-corrected chi connectivity index (χ2v) is 6.69. The molecule has 0 saturated carbocycles. The van der Waals surface area contributed by atoms with Crippen molar-refractivity contribution < 1.29 is 13.6 Å². The van der Waals surface area contributed by atoms with E-state index in [-0.39, 0.29) is 17.5 Å². The highest BCUT2D eigenvalue weighted by Crippen LogP contribution is 2.33. The first-order valence-electron chi connectivity index (χ1n) is 8.91. The normalized spacial score (nSPS) is 18.1. The molecular weight excluding hydrogens is 333 g/mol. The predicted molar refractivity (Wildman–Crippen MR) is 95.2 cm³/mol. The molecule has 1 aliphatic heterocycles. The summed E-state index contributed by atoms with van der Waals surface area (Å²) >= 11 is 0. The van der Waals surface area contributed by atoms with E-state index in [1.165, 1.54) is 24.5 Å². The predicted octanol–water partition coefficient (Wildman–Crippen LogP) is 4.43. The summed E-state index contributed by atoms with van der Waals surface area (Å²) < 4.78 is 20.4. The molecule has 0 radical (unpaired) electrons. The lowest BCUT2D eigenvalue weighted by atomic mass is 10.1. The monoisotopic (exact) mass is 353 g/mol. The Kier molecular flexibility index (Phi) is 4.41. The zero-order valence-electron chi connectivity index (χ0n) is 14.6. The zero-order chi connectivity index (χ0) is 18.1. The van der Waals surface area contributed by atoms with Crippen LogP contribution in [0.5, 0.6) is 0 Å². The number of carbonyl (C=O) groups is 1. The average molecular weight is 353 g/mol. The number of furan rings is 1. The Morgan fingerprint density at radius 2 is 1.92 bits per heavy atom. The SMILES string of the molecule is Cc1ccc(C2CCCCCN2C(=O)c2cc3nccnc3cc2F)o1. The Bertz CT molecular complexity index is 953. The first-order chi connectivity index (χ1) is 12.6. The molecule has 0 aliphatic carbocycles. The molecular formula is C20H20FN3O2. The summed E-state index contributed by atoms with van der Waals surface area (Å²) in [7, 11) is 0. The molecule has 2 aromatic heterocycles. The van der Waals surface area contributed by atoms with Gasteiger partial charge in [0.25, 0.3) is 5.91 Å². The molecule has 1 aromatic carbocycles. The van der Waals surface area contributed by atoms with E-state index in [9.17, 15) is 9.18 Å². The van der Waals surface area contributed by atoms with Crippen molar-refractivity contribution in [1.82, 2.24) is 14.9 Å². The van der Waals surface area contributed by atoms with E-state index in [0.29, 0.717) is 17.6 Å². The summed E-state index contributed by atoms with van der Waals surface area (Å²) in [6.07, 6.45) is 6.82. The Balaban J connectivity index is 1.73. The van der Waals surface area contributed by atoms with E-state index in [1.807, 2.05) is 19.1 Å². The van der Waals surface area contributed by atoms with Crippen molar-refractivity contribution >= 4 is 16.9 Å². The van der Waals surface area contributed by atoms with Gasteiger partial charge in [-0.15, -0.1) is 0 Å². The molecule has 1 amide bonds. The Morgan fingerprint density at radius 1 is 1.15 bits per heavy atom. The largest absolute Gasteiger partial charge is 0.464 e. The van der Waals surface area contributed by atoms with Gasteiger partial charge in [0.05, 0.1) is 22.6 Å². The van der Waals surface area contributed by atoms with E-state index in [2.05, 4.69) is 9.97 Å². The standard InChI is InChI=1S/C20H20FN3O2/c1-13-6-7-19(26-13)18-5-3-2-4-10-24(18)20(25)14-11-16-17(12-15(14)21)23-9-8-22-16/h6-9,11-12,18H,2-5,10H2,1H3. The van der Waals surface area contributed by atoms with Crippen molar-refractivity contribution in [2.45, 2.75) is 38.6 Å². The summed E-state index contributed by atoms with van der Waals surface area (Å²) in [5.41, 5.74) is 0.987. The van der Waals surface area contributed by atoms with Gasteiger partial charge in [-0.2, -0.15) is 0 Å². The molecule has 1 unspecified atom stereocenters. The molecule has 134 valence electrons. The van der Waals surface area contributed by atoms with Gasteiger partial charge < -0.3 is 9.32 Å². The molecule has 0 bridgehead atoms. The van der Waals surface area contributed by atoms with Crippen molar-refractivity contribution in [3.05, 3.63) is 59.6 Å². The number of hydrogen-bond donors (Lipinski definition) is 0. The molecule has 0 N–H and O–H groups in total. The first kappa shape index (κ1) is 16.7. The molecule has 0 spiro atoms. The summed E-state index contributed by atoms with van der Waals surface area (Å²) in [5.74, 6) is 0.681. The molecule has 6 heteroatoms. The number of likely N-dealkylation sites (tertiary alicyclic amines) is 1. The van der Waals surface area contributed by atoms with Crippen molar-refractivity contribution in [3.8, 4) is 0 Å². The third-order valence-corrected chi connectivity index (χ3v) is 4.89. The highest BCUT2D eigenvalue weighted by atomic mass is 19.1. The zero-order valence-corrected chi connectivity index (χ0v) is 14.6. The maximum absolute atomic E-state index is 14.6. The number of rotatable bonds is 2. The van der Waals surface area contributed by atoms with Gasteiger partial charge in [0.15, 0.2) is 0 Å². The summed E-state index contributed by atoms with van der Waals surface area (Å²) in [4.78, 5) is 23.2. The van der Waals surface area contributed by atoms with Gasteiger partial charge >= 0.3 is 0 Å². The van der Waals surface area contributed by atoms with Gasteiger partial charge in [0, 0.05) is 25.0 Å². The van der Waals surface area contributed by atoms with Gasteiger partial charge in [0.1, 0.15) is 17.3 Å². The van der Waals surface area contributed by atoms with Crippen LogP contribution in [0.3, 0.4) is 0 Å². The quantitative estimate of drug-likeness (QED) is 0.684. The maximum Gasteiger partial charge on any atom is 0.257 e. The number of aryl methyl sites for hydroxylation is 1. The van der Waals surface area contributed by atoms with Gasteiger partial charge in [0.2, 0.25) is 0 Å². The minimum Gasteiger partial charge on any atom is -0.464 e. The minimum absolute atomic E-state index is 0.0354. The lowest BCUT2D eigenvalue weighted by molar-refractivity contribution is 0.0653. The number of hydrogen-bond acceptors (Lipinski definition) is 4. The van der Waals surface area contributed by atoms with E-state index < -0.39 is 5.82 Å². The Morgan fingerprint density at radius 3 is 2.65 bits per heavy atom. The van der Waals surface area contributed by atoms with Crippen LogP contribution < -0.4 is 0 Å². The number of carbonyl (C=O) groups excluding carboxylic acids is 1. The molecule has 1 atom stereocenters. The molecule has 5 nitrogen and oxygen atoms in total. The lowest BCUT2D eigenvalue weighted by Crippen LogP contribution is -2.35. The molecule has 1 fully saturated rings. The number of aromatic nitrogens is 2. The van der Waals surface area contributed by atoms with Gasteiger partial charge in [-0.1, -0.05) is 12.8 Å². The number of halogens is 1. The van der Waals surface area contributed by atoms with Crippen LogP contribution in [0.1, 0.15) is 53.6 Å². The maximum atomic E-state index is 14.6. The Hall–Kier alpha value is -2.76. The van der Waals surface area contributed by atoms with E-state index in [1.54, 1.807) is 4.90 Å². The van der Waals surface area contributed by atoms with Crippen LogP contribution >= 0.6 is 0 Å². The molecule has 3 aromatic rings. The summed E-state index contributed by atoms with van der Waals surface area (Å²) in [6, 6.07) is 6.41. The number of fused-ring (bicyclic) bond motifs is 1. The van der Waals surface area contributed by atoms with E-state index in [0.717, 1.165) is 37.2 Å². The first-order valence-corrected chi connectivity index (χ1v) is 8.91. The summed E-state index contributed by atoms with van der Waals surface area (Å²) in [5, 5.41) is 0. The van der Waals surface area contributed by atoms with Crippen molar-refractivity contribution in [3.63, 3.8) is 0 Å². The average Bonchev–Trinajstić information content (AvgIpc) is 2.92. The van der Waals surface area contributed by atoms with Crippen molar-refractivity contribution in [1.29, 1.82) is 0 Å². The lowest BCUT2D eigenvalue weighted by Gasteiger charge is -2.29. The number of amides is 1. The molecule has 4 rings (SSSR count). The number of benzene rings is 1. The number of nitrogens with zero attached hydrogens (tertiary/aromatic N) is 3. The van der Waals surface area contributed by atoms with Crippen molar-refractivity contribution in [2.75, 3.05) is 6.54 Å². The van der Waals surface area contributed by atoms with Crippen LogP contribution in [-0.4, -0.2) is 27.3 Å². The Labute approximate surface area is 150 Å².